The highest BCUT2D eigenvalue weighted by atomic mass is 35.5. The van der Waals surface area contributed by atoms with E-state index in [1.165, 1.54) is 12.3 Å². The van der Waals surface area contributed by atoms with E-state index in [9.17, 15) is 23.7 Å². The third kappa shape index (κ3) is 4.24. The van der Waals surface area contributed by atoms with E-state index in [0.29, 0.717) is 28.0 Å². The Bertz CT molecular complexity index is 1390. The summed E-state index contributed by atoms with van der Waals surface area (Å²) < 4.78 is 39.5. The number of benzene rings is 1. The van der Waals surface area contributed by atoms with Crippen LogP contribution in [0.25, 0.3) is 5.65 Å². The molecule has 10 nitrogen and oxygen atoms in total. The molecule has 2 aliphatic heterocycles. The van der Waals surface area contributed by atoms with E-state index in [1.54, 1.807) is 6.07 Å². The lowest BCUT2D eigenvalue weighted by Crippen LogP contribution is -2.44. The molecular formula is C21H18ClF3N10. The number of nitrogens with one attached hydrogen (secondary N) is 2. The topological polar surface area (TPSA) is 121 Å². The number of likely N-dealkylation sites (tertiary alicyclic amines) is 1. The fourth-order valence-electron chi connectivity index (χ4n) is 4.57. The van der Waals surface area contributed by atoms with Crippen molar-refractivity contribution in [1.29, 1.82) is 10.5 Å². The first kappa shape index (κ1) is 23.0. The van der Waals surface area contributed by atoms with Crippen LogP contribution in [0.1, 0.15) is 17.7 Å². The zero-order valence-corrected chi connectivity index (χ0v) is 19.1. The molecule has 35 heavy (non-hydrogen) atoms. The summed E-state index contributed by atoms with van der Waals surface area (Å²) >= 11 is 6.74. The van der Waals surface area contributed by atoms with Crippen molar-refractivity contribution < 1.29 is 13.2 Å². The molecule has 0 spiro atoms. The maximum atomic E-state index is 12.8. The van der Waals surface area contributed by atoms with E-state index in [1.807, 2.05) is 6.07 Å². The van der Waals surface area contributed by atoms with Crippen molar-refractivity contribution in [2.75, 3.05) is 42.2 Å². The van der Waals surface area contributed by atoms with Gasteiger partial charge in [-0.3, -0.25) is 4.90 Å². The van der Waals surface area contributed by atoms with E-state index in [0.717, 1.165) is 24.0 Å². The highest BCUT2D eigenvalue weighted by molar-refractivity contribution is 6.36. The molecule has 2 fully saturated rings. The molecule has 180 valence electrons. The van der Waals surface area contributed by atoms with Crippen LogP contribution >= 0.6 is 11.6 Å². The number of hydrogen-bond acceptors (Lipinski definition) is 9. The minimum Gasteiger partial charge on any atom is -0.364 e. The van der Waals surface area contributed by atoms with Crippen molar-refractivity contribution >= 4 is 40.4 Å². The Morgan fingerprint density at radius 2 is 2.00 bits per heavy atom. The van der Waals surface area contributed by atoms with E-state index in [-0.39, 0.29) is 29.1 Å². The van der Waals surface area contributed by atoms with Crippen molar-refractivity contribution in [1.82, 2.24) is 24.5 Å². The lowest BCUT2D eigenvalue weighted by molar-refractivity contribution is -0.115. The number of hydrogen-bond donors (Lipinski definition) is 2. The number of fused-ring (bicyclic) bond motifs is 3. The average molecular weight is 503 g/mol. The predicted molar refractivity (Wildman–Crippen MR) is 122 cm³/mol. The lowest BCUT2D eigenvalue weighted by Gasteiger charge is -2.34. The first-order valence-electron chi connectivity index (χ1n) is 10.6. The lowest BCUT2D eigenvalue weighted by atomic mass is 10.1. The molecule has 14 heteroatoms. The fraction of sp³-hybridized carbons (Fsp3) is 0.381. The maximum absolute atomic E-state index is 12.8. The molecule has 2 unspecified atom stereocenters. The second kappa shape index (κ2) is 8.45. The Morgan fingerprint density at radius 1 is 1.20 bits per heavy atom. The largest absolute Gasteiger partial charge is 0.405 e. The minimum absolute atomic E-state index is 0.00952. The second-order valence-corrected chi connectivity index (χ2v) is 8.85. The van der Waals surface area contributed by atoms with Gasteiger partial charge < -0.3 is 15.5 Å². The SMILES string of the molecule is CN1CC2CC1CN2c1cc(C#N)cc(Nc2nc(NCC(F)(F)F)c3ncc(C#N)n3n2)c1Cl. The standard InChI is InChI=1S/C21H18ClF3N10/c1-33-8-13-4-12(33)9-34(13)16-3-11(5-26)2-15(17(16)22)30-20-31-18(29-10-21(23,24)25)19-28-7-14(6-27)35(19)32-20/h2-3,7,12-13H,4,8-10H2,1H3,(H2,29,30,31,32). The third-order valence-electron chi connectivity index (χ3n) is 6.19. The van der Waals surface area contributed by atoms with Crippen LogP contribution in [-0.2, 0) is 0 Å². The maximum Gasteiger partial charge on any atom is 0.405 e. The molecule has 0 amide bonds. The summed E-state index contributed by atoms with van der Waals surface area (Å²) in [6, 6.07) is 7.90. The molecule has 2 aliphatic rings. The van der Waals surface area contributed by atoms with Crippen LogP contribution in [-0.4, -0.2) is 69.4 Å². The number of aromatic nitrogens is 4. The van der Waals surface area contributed by atoms with Gasteiger partial charge in [0.1, 0.15) is 12.6 Å². The number of rotatable bonds is 5. The molecule has 0 saturated carbocycles. The Morgan fingerprint density at radius 3 is 2.63 bits per heavy atom. The van der Waals surface area contributed by atoms with Crippen LogP contribution in [0.15, 0.2) is 18.3 Å². The summed E-state index contributed by atoms with van der Waals surface area (Å²) in [5.74, 6) is -0.337. The zero-order valence-electron chi connectivity index (χ0n) is 18.3. The van der Waals surface area contributed by atoms with Gasteiger partial charge in [0.15, 0.2) is 17.2 Å². The number of nitrogens with zero attached hydrogens (tertiary/aromatic N) is 8. The van der Waals surface area contributed by atoms with Crippen LogP contribution in [0.4, 0.5) is 36.3 Å². The van der Waals surface area contributed by atoms with Crippen LogP contribution in [0.2, 0.25) is 5.02 Å². The summed E-state index contributed by atoms with van der Waals surface area (Å²) in [7, 11) is 2.08. The normalized spacial score (nSPS) is 19.7. The van der Waals surface area contributed by atoms with Crippen molar-refractivity contribution in [3.8, 4) is 12.1 Å². The van der Waals surface area contributed by atoms with E-state index in [4.69, 9.17) is 11.6 Å². The number of likely N-dealkylation sites (N-methyl/N-ethyl adjacent to an activating group) is 1. The van der Waals surface area contributed by atoms with Crippen LogP contribution < -0.4 is 15.5 Å². The van der Waals surface area contributed by atoms with Gasteiger partial charge in [-0.2, -0.15) is 33.2 Å². The monoisotopic (exact) mass is 502 g/mol. The van der Waals surface area contributed by atoms with Gasteiger partial charge in [0, 0.05) is 25.2 Å². The van der Waals surface area contributed by atoms with Gasteiger partial charge >= 0.3 is 6.18 Å². The molecule has 1 aromatic carbocycles. The van der Waals surface area contributed by atoms with Gasteiger partial charge in [-0.05, 0) is 25.6 Å². The fourth-order valence-corrected chi connectivity index (χ4v) is 4.83. The number of nitriles is 2. The Balaban J connectivity index is 1.53. The first-order chi connectivity index (χ1) is 16.7. The summed E-state index contributed by atoms with van der Waals surface area (Å²) in [5.41, 5.74) is 1.32. The molecule has 2 atom stereocenters. The van der Waals surface area contributed by atoms with Gasteiger partial charge in [0.05, 0.1) is 34.2 Å². The molecule has 2 aromatic heterocycles. The Kier molecular flexibility index (Phi) is 5.54. The number of anilines is 4. The van der Waals surface area contributed by atoms with Gasteiger partial charge in [0.25, 0.3) is 0 Å². The first-order valence-corrected chi connectivity index (χ1v) is 11.0. The average Bonchev–Trinajstić information content (AvgIpc) is 3.52. The summed E-state index contributed by atoms with van der Waals surface area (Å²) in [5, 5.41) is 28.6. The van der Waals surface area contributed by atoms with E-state index >= 15 is 0 Å². The van der Waals surface area contributed by atoms with Gasteiger partial charge in [-0.1, -0.05) is 11.6 Å². The summed E-state index contributed by atoms with van der Waals surface area (Å²) in [4.78, 5) is 12.5. The highest BCUT2D eigenvalue weighted by Crippen LogP contribution is 2.41. The van der Waals surface area contributed by atoms with Crippen molar-refractivity contribution in [2.24, 2.45) is 0 Å². The van der Waals surface area contributed by atoms with Gasteiger partial charge in [0.2, 0.25) is 5.95 Å². The molecule has 0 radical (unpaired) electrons. The quantitative estimate of drug-likeness (QED) is 0.542. The Labute approximate surface area is 202 Å². The number of alkyl halides is 3. The van der Waals surface area contributed by atoms with Gasteiger partial charge in [-0.25, -0.2) is 4.98 Å². The van der Waals surface area contributed by atoms with Crippen LogP contribution in [0, 0.1) is 22.7 Å². The molecule has 2 N–H and O–H groups in total. The van der Waals surface area contributed by atoms with Crippen LogP contribution in [0.5, 0.6) is 0 Å². The zero-order chi connectivity index (χ0) is 24.9. The predicted octanol–water partition coefficient (Wildman–Crippen LogP) is 3.13. The van der Waals surface area contributed by atoms with Gasteiger partial charge in [-0.15, -0.1) is 5.10 Å². The van der Waals surface area contributed by atoms with Crippen molar-refractivity contribution in [2.45, 2.75) is 24.7 Å². The highest BCUT2D eigenvalue weighted by Gasteiger charge is 2.42. The summed E-state index contributed by atoms with van der Waals surface area (Å²) in [6.45, 7) is 0.296. The molecule has 4 heterocycles. The number of piperazine rings is 1. The summed E-state index contributed by atoms with van der Waals surface area (Å²) in [6.07, 6.45) is -2.31. The van der Waals surface area contributed by atoms with E-state index < -0.39 is 12.7 Å². The molecule has 0 aliphatic carbocycles. The third-order valence-corrected chi connectivity index (χ3v) is 6.58. The second-order valence-electron chi connectivity index (χ2n) is 8.47. The molecule has 2 saturated heterocycles. The smallest absolute Gasteiger partial charge is 0.364 e. The Hall–Kier alpha value is -3.81. The number of imidazole rings is 1. The van der Waals surface area contributed by atoms with E-state index in [2.05, 4.69) is 48.6 Å². The number of halogens is 4. The van der Waals surface area contributed by atoms with Crippen LogP contribution in [0.3, 0.4) is 0 Å². The van der Waals surface area contributed by atoms with Crippen molar-refractivity contribution in [3.05, 3.63) is 34.6 Å². The molecule has 3 aromatic rings. The minimum atomic E-state index is -4.50. The van der Waals surface area contributed by atoms with Crippen molar-refractivity contribution in [3.63, 3.8) is 0 Å². The molecule has 5 rings (SSSR count). The molecular weight excluding hydrogens is 485 g/mol. The molecule has 2 bridgehead atoms.